The molecule has 2 aliphatic heterocycles. The van der Waals surface area contributed by atoms with E-state index < -0.39 is 0 Å². The summed E-state index contributed by atoms with van der Waals surface area (Å²) in [6.45, 7) is 0. The van der Waals surface area contributed by atoms with Crippen LogP contribution in [0.25, 0.3) is 0 Å². The highest BCUT2D eigenvalue weighted by molar-refractivity contribution is 5.81. The molecule has 0 saturated carbocycles. The molecule has 0 aromatic heterocycles. The van der Waals surface area contributed by atoms with Crippen LogP contribution in [0.5, 0.6) is 0 Å². The van der Waals surface area contributed by atoms with E-state index in [4.69, 9.17) is 0 Å². The molecule has 2 heterocycles. The zero-order valence-corrected chi connectivity index (χ0v) is 9.19. The van der Waals surface area contributed by atoms with Gasteiger partial charge >= 0.3 is 0 Å². The summed E-state index contributed by atoms with van der Waals surface area (Å²) in [5.41, 5.74) is 0. The van der Waals surface area contributed by atoms with Crippen LogP contribution in [0.3, 0.4) is 0 Å². The number of allylic oxidation sites excluding steroid dienone is 1. The molecule has 2 saturated heterocycles. The molecule has 82 valence electrons. The summed E-state index contributed by atoms with van der Waals surface area (Å²) >= 11 is 0. The zero-order valence-electron chi connectivity index (χ0n) is 9.19. The van der Waals surface area contributed by atoms with E-state index in [9.17, 15) is 4.79 Å². The summed E-state index contributed by atoms with van der Waals surface area (Å²) in [6, 6.07) is 1.92. The topological polar surface area (TPSA) is 20.3 Å². The molecule has 0 spiro atoms. The third-order valence-electron chi connectivity index (χ3n) is 4.27. The standard InChI is InChI=1S/C13H19NO/c15-13-8-11-6-7-12(9-13)14(11)10-4-2-1-3-5-10/h1-2,10-12H,3-9H2. The van der Waals surface area contributed by atoms with Crippen LogP contribution in [0, 0.1) is 0 Å². The van der Waals surface area contributed by atoms with E-state index in [0.29, 0.717) is 17.9 Å². The second kappa shape index (κ2) is 3.75. The summed E-state index contributed by atoms with van der Waals surface area (Å²) in [4.78, 5) is 14.2. The summed E-state index contributed by atoms with van der Waals surface area (Å²) in [5.74, 6) is 0.505. The van der Waals surface area contributed by atoms with E-state index in [1.807, 2.05) is 0 Å². The normalized spacial score (nSPS) is 41.1. The molecule has 0 N–H and O–H groups in total. The molecule has 3 aliphatic rings. The third kappa shape index (κ3) is 1.65. The Balaban J connectivity index is 1.76. The highest BCUT2D eigenvalue weighted by atomic mass is 16.1. The summed E-state index contributed by atoms with van der Waals surface area (Å²) in [7, 11) is 0. The van der Waals surface area contributed by atoms with Crippen molar-refractivity contribution in [3.05, 3.63) is 12.2 Å². The van der Waals surface area contributed by atoms with E-state index in [0.717, 1.165) is 18.9 Å². The van der Waals surface area contributed by atoms with E-state index in [2.05, 4.69) is 17.1 Å². The van der Waals surface area contributed by atoms with Gasteiger partial charge in [-0.15, -0.1) is 0 Å². The van der Waals surface area contributed by atoms with Crippen LogP contribution < -0.4 is 0 Å². The first-order valence-corrected chi connectivity index (χ1v) is 6.29. The maximum Gasteiger partial charge on any atom is 0.136 e. The molecule has 2 bridgehead atoms. The first-order valence-electron chi connectivity index (χ1n) is 6.29. The van der Waals surface area contributed by atoms with Crippen LogP contribution in [-0.2, 0) is 4.79 Å². The van der Waals surface area contributed by atoms with Crippen LogP contribution in [0.15, 0.2) is 12.2 Å². The van der Waals surface area contributed by atoms with E-state index >= 15 is 0 Å². The molecule has 0 radical (unpaired) electrons. The minimum absolute atomic E-state index is 0.505. The van der Waals surface area contributed by atoms with Gasteiger partial charge in [-0.25, -0.2) is 0 Å². The second-order valence-corrected chi connectivity index (χ2v) is 5.22. The van der Waals surface area contributed by atoms with Gasteiger partial charge in [0.05, 0.1) is 0 Å². The lowest BCUT2D eigenvalue weighted by Gasteiger charge is -2.40. The number of carbonyl (C=O) groups is 1. The molecule has 15 heavy (non-hydrogen) atoms. The van der Waals surface area contributed by atoms with Crippen LogP contribution in [0.2, 0.25) is 0 Å². The Kier molecular flexibility index (Phi) is 2.39. The number of fused-ring (bicyclic) bond motifs is 2. The van der Waals surface area contributed by atoms with Crippen molar-refractivity contribution in [2.75, 3.05) is 0 Å². The fourth-order valence-corrected chi connectivity index (χ4v) is 3.65. The lowest BCUT2D eigenvalue weighted by atomic mass is 9.93. The molecular weight excluding hydrogens is 186 g/mol. The number of ketones is 1. The number of piperidine rings is 1. The van der Waals surface area contributed by atoms with Gasteiger partial charge in [0.2, 0.25) is 0 Å². The van der Waals surface area contributed by atoms with Crippen molar-refractivity contribution in [3.8, 4) is 0 Å². The average Bonchev–Trinajstić information content (AvgIpc) is 2.53. The van der Waals surface area contributed by atoms with Crippen molar-refractivity contribution in [2.24, 2.45) is 0 Å². The SMILES string of the molecule is O=C1CC2CCC(C1)N2C1CC=CCC1. The fraction of sp³-hybridized carbons (Fsp3) is 0.769. The minimum atomic E-state index is 0.505. The number of nitrogens with zero attached hydrogens (tertiary/aromatic N) is 1. The predicted octanol–water partition coefficient (Wildman–Crippen LogP) is 2.29. The van der Waals surface area contributed by atoms with Gasteiger partial charge in [-0.1, -0.05) is 12.2 Å². The highest BCUT2D eigenvalue weighted by Crippen LogP contribution is 2.38. The summed E-state index contributed by atoms with van der Waals surface area (Å²) < 4.78 is 0. The fourth-order valence-electron chi connectivity index (χ4n) is 3.65. The van der Waals surface area contributed by atoms with Crippen LogP contribution >= 0.6 is 0 Å². The molecule has 2 heteroatoms. The Morgan fingerprint density at radius 3 is 2.33 bits per heavy atom. The van der Waals surface area contributed by atoms with E-state index in [1.165, 1.54) is 32.1 Å². The van der Waals surface area contributed by atoms with E-state index in [1.54, 1.807) is 0 Å². The van der Waals surface area contributed by atoms with Crippen LogP contribution in [0.1, 0.15) is 44.9 Å². The Bertz CT molecular complexity index is 281. The van der Waals surface area contributed by atoms with Crippen molar-refractivity contribution in [1.29, 1.82) is 0 Å². The molecular formula is C13H19NO. The average molecular weight is 205 g/mol. The maximum atomic E-state index is 11.5. The first-order chi connectivity index (χ1) is 7.34. The molecule has 0 aromatic carbocycles. The molecule has 0 aromatic rings. The smallest absolute Gasteiger partial charge is 0.136 e. The molecule has 3 unspecified atom stereocenters. The number of carbonyl (C=O) groups excluding carboxylic acids is 1. The summed E-state index contributed by atoms with van der Waals surface area (Å²) in [6.07, 6.45) is 12.5. The Labute approximate surface area is 91.3 Å². The van der Waals surface area contributed by atoms with Crippen molar-refractivity contribution in [1.82, 2.24) is 4.90 Å². The lowest BCUT2D eigenvalue weighted by Crippen LogP contribution is -2.49. The lowest BCUT2D eigenvalue weighted by molar-refractivity contribution is -0.124. The van der Waals surface area contributed by atoms with Crippen molar-refractivity contribution < 1.29 is 4.79 Å². The molecule has 2 fully saturated rings. The second-order valence-electron chi connectivity index (χ2n) is 5.22. The number of rotatable bonds is 1. The van der Waals surface area contributed by atoms with Gasteiger partial charge in [-0.2, -0.15) is 0 Å². The molecule has 1 aliphatic carbocycles. The number of Topliss-reactive ketones (excluding diaryl/α,β-unsaturated/α-hetero) is 1. The van der Waals surface area contributed by atoms with Gasteiger partial charge in [0, 0.05) is 31.0 Å². The van der Waals surface area contributed by atoms with Crippen molar-refractivity contribution in [2.45, 2.75) is 63.1 Å². The van der Waals surface area contributed by atoms with Crippen LogP contribution in [-0.4, -0.2) is 28.8 Å². The Morgan fingerprint density at radius 2 is 1.73 bits per heavy atom. The molecule has 3 atom stereocenters. The quantitative estimate of drug-likeness (QED) is 0.612. The largest absolute Gasteiger partial charge is 0.300 e. The van der Waals surface area contributed by atoms with Crippen LogP contribution in [0.4, 0.5) is 0 Å². The van der Waals surface area contributed by atoms with Gasteiger partial charge in [0.15, 0.2) is 0 Å². The molecule has 3 rings (SSSR count). The van der Waals surface area contributed by atoms with Crippen molar-refractivity contribution >= 4 is 5.78 Å². The first kappa shape index (κ1) is 9.59. The highest BCUT2D eigenvalue weighted by Gasteiger charge is 2.42. The Hall–Kier alpha value is -0.630. The molecule has 2 nitrogen and oxygen atoms in total. The predicted molar refractivity (Wildman–Crippen MR) is 59.7 cm³/mol. The van der Waals surface area contributed by atoms with Crippen molar-refractivity contribution in [3.63, 3.8) is 0 Å². The minimum Gasteiger partial charge on any atom is -0.300 e. The van der Waals surface area contributed by atoms with Gasteiger partial charge in [-0.3, -0.25) is 9.69 Å². The number of hydrogen-bond donors (Lipinski definition) is 0. The van der Waals surface area contributed by atoms with Gasteiger partial charge < -0.3 is 0 Å². The zero-order chi connectivity index (χ0) is 10.3. The summed E-state index contributed by atoms with van der Waals surface area (Å²) in [5, 5.41) is 0. The number of hydrogen-bond acceptors (Lipinski definition) is 2. The van der Waals surface area contributed by atoms with Gasteiger partial charge in [-0.05, 0) is 32.1 Å². The van der Waals surface area contributed by atoms with Gasteiger partial charge in [0.1, 0.15) is 5.78 Å². The Morgan fingerprint density at radius 1 is 1.00 bits per heavy atom. The molecule has 0 amide bonds. The maximum absolute atomic E-state index is 11.5. The third-order valence-corrected chi connectivity index (χ3v) is 4.27. The monoisotopic (exact) mass is 205 g/mol. The van der Waals surface area contributed by atoms with Gasteiger partial charge in [0.25, 0.3) is 0 Å². The van der Waals surface area contributed by atoms with E-state index in [-0.39, 0.29) is 0 Å².